The van der Waals surface area contributed by atoms with Crippen molar-refractivity contribution < 1.29 is 19.7 Å². The first-order chi connectivity index (χ1) is 11.4. The predicted octanol–water partition coefficient (Wildman–Crippen LogP) is 3.07. The second kappa shape index (κ2) is 6.45. The van der Waals surface area contributed by atoms with Crippen LogP contribution in [0.15, 0.2) is 11.6 Å². The Labute approximate surface area is 145 Å². The summed E-state index contributed by atoms with van der Waals surface area (Å²) in [7, 11) is 0. The minimum Gasteiger partial charge on any atom is -0.458 e. The Bertz CT molecular complexity index is 528. The zero-order valence-corrected chi connectivity index (χ0v) is 15.3. The van der Waals surface area contributed by atoms with Crippen LogP contribution in [0, 0.1) is 28.6 Å². The second-order valence-electron chi connectivity index (χ2n) is 8.67. The van der Waals surface area contributed by atoms with Crippen LogP contribution < -0.4 is 0 Å². The lowest BCUT2D eigenvalue weighted by atomic mass is 9.46. The molecule has 1 aliphatic heterocycles. The molecule has 2 N–H and O–H groups in total. The van der Waals surface area contributed by atoms with Gasteiger partial charge in [0.05, 0.1) is 0 Å². The van der Waals surface area contributed by atoms with Gasteiger partial charge in [-0.05, 0) is 61.7 Å². The molecule has 2 aliphatic carbocycles. The highest BCUT2D eigenvalue weighted by Crippen LogP contribution is 2.65. The quantitative estimate of drug-likeness (QED) is 0.732. The van der Waals surface area contributed by atoms with Gasteiger partial charge in [0.2, 0.25) is 0 Å². The molecular formula is C20H32O4. The number of esters is 1. The number of ether oxygens (including phenoxy) is 1. The van der Waals surface area contributed by atoms with E-state index in [9.17, 15) is 15.0 Å². The topological polar surface area (TPSA) is 66.8 Å². The number of carbonyl (C=O) groups excluding carboxylic acids is 1. The van der Waals surface area contributed by atoms with Gasteiger partial charge in [-0.2, -0.15) is 0 Å². The van der Waals surface area contributed by atoms with E-state index in [2.05, 4.69) is 26.8 Å². The van der Waals surface area contributed by atoms with Gasteiger partial charge < -0.3 is 14.9 Å². The zero-order valence-electron chi connectivity index (χ0n) is 15.3. The Morgan fingerprint density at radius 2 is 2.08 bits per heavy atom. The van der Waals surface area contributed by atoms with E-state index >= 15 is 0 Å². The third-order valence-corrected chi connectivity index (χ3v) is 7.62. The maximum absolute atomic E-state index is 12.3. The Morgan fingerprint density at radius 3 is 2.75 bits per heavy atom. The first kappa shape index (κ1) is 17.9. The molecule has 1 saturated carbocycles. The summed E-state index contributed by atoms with van der Waals surface area (Å²) >= 11 is 0. The van der Waals surface area contributed by atoms with Gasteiger partial charge in [0.15, 0.2) is 0 Å². The third-order valence-electron chi connectivity index (χ3n) is 7.62. The normalized spacial score (nSPS) is 42.3. The van der Waals surface area contributed by atoms with E-state index in [0.717, 1.165) is 37.7 Å². The van der Waals surface area contributed by atoms with Crippen molar-refractivity contribution in [3.63, 3.8) is 0 Å². The molecule has 0 amide bonds. The van der Waals surface area contributed by atoms with Crippen LogP contribution in [-0.4, -0.2) is 35.5 Å². The van der Waals surface area contributed by atoms with E-state index in [-0.39, 0.29) is 42.0 Å². The molecule has 1 heterocycles. The molecule has 136 valence electrons. The SMILES string of the molecule is C[C@@H]1C[C@H]2OC(=O)C3=CCC[C@H]([C@@]1(C)CC[C@H](CO)CCO)[C@]32C. The summed E-state index contributed by atoms with van der Waals surface area (Å²) in [5, 5.41) is 18.7. The number of hydrogen-bond donors (Lipinski definition) is 2. The van der Waals surface area contributed by atoms with Gasteiger partial charge in [0.1, 0.15) is 6.10 Å². The summed E-state index contributed by atoms with van der Waals surface area (Å²) in [5.41, 5.74) is 0.903. The fourth-order valence-electron chi connectivity index (χ4n) is 5.80. The summed E-state index contributed by atoms with van der Waals surface area (Å²) in [6.07, 6.45) is 7.76. The predicted molar refractivity (Wildman–Crippen MR) is 92.2 cm³/mol. The van der Waals surface area contributed by atoms with Crippen molar-refractivity contribution in [1.29, 1.82) is 0 Å². The van der Waals surface area contributed by atoms with E-state index in [1.165, 1.54) is 0 Å². The van der Waals surface area contributed by atoms with Crippen LogP contribution in [0.5, 0.6) is 0 Å². The standard InChI is InChI=1S/C20H32O4/c1-13-11-17-20(3)15(18(23)24-17)5-4-6-16(20)19(13,2)9-7-14(12-22)8-10-21/h5,13-14,16-17,21-22H,4,6-12H2,1-3H3/t13-,14+,16-,17-,19+,20+/m1/s1. The molecule has 0 unspecified atom stereocenters. The molecule has 3 rings (SSSR count). The highest BCUT2D eigenvalue weighted by molar-refractivity contribution is 5.93. The lowest BCUT2D eigenvalue weighted by Crippen LogP contribution is -2.54. The Morgan fingerprint density at radius 1 is 1.33 bits per heavy atom. The van der Waals surface area contributed by atoms with E-state index in [4.69, 9.17) is 4.74 Å². The second-order valence-corrected chi connectivity index (χ2v) is 8.67. The lowest BCUT2D eigenvalue weighted by Gasteiger charge is -2.57. The average Bonchev–Trinajstić information content (AvgIpc) is 2.80. The maximum atomic E-state index is 12.3. The van der Waals surface area contributed by atoms with E-state index in [1.54, 1.807) is 0 Å². The molecule has 4 nitrogen and oxygen atoms in total. The van der Waals surface area contributed by atoms with Crippen molar-refractivity contribution in [3.8, 4) is 0 Å². The molecule has 0 aromatic carbocycles. The summed E-state index contributed by atoms with van der Waals surface area (Å²) < 4.78 is 5.75. The molecule has 4 heteroatoms. The van der Waals surface area contributed by atoms with E-state index < -0.39 is 0 Å². The van der Waals surface area contributed by atoms with Crippen molar-refractivity contribution in [1.82, 2.24) is 0 Å². The largest absolute Gasteiger partial charge is 0.458 e. The molecular weight excluding hydrogens is 304 g/mol. The molecule has 0 bridgehead atoms. The molecule has 0 spiro atoms. The number of hydrogen-bond acceptors (Lipinski definition) is 4. The Kier molecular flexibility index (Phi) is 4.82. The first-order valence-electron chi connectivity index (χ1n) is 9.51. The Hall–Kier alpha value is -0.870. The fourth-order valence-corrected chi connectivity index (χ4v) is 5.80. The molecule has 0 radical (unpaired) electrons. The first-order valence-corrected chi connectivity index (χ1v) is 9.51. The molecule has 2 fully saturated rings. The van der Waals surface area contributed by atoms with Crippen LogP contribution >= 0.6 is 0 Å². The number of carbonyl (C=O) groups is 1. The number of allylic oxidation sites excluding steroid dienone is 1. The number of aliphatic hydroxyl groups is 2. The monoisotopic (exact) mass is 336 g/mol. The van der Waals surface area contributed by atoms with Gasteiger partial charge in [-0.1, -0.05) is 26.8 Å². The molecule has 0 aromatic rings. The van der Waals surface area contributed by atoms with Crippen molar-refractivity contribution in [2.24, 2.45) is 28.6 Å². The van der Waals surface area contributed by atoms with Gasteiger partial charge in [-0.25, -0.2) is 4.79 Å². The van der Waals surface area contributed by atoms with Gasteiger partial charge >= 0.3 is 5.97 Å². The molecule has 24 heavy (non-hydrogen) atoms. The van der Waals surface area contributed by atoms with Gasteiger partial charge in [-0.3, -0.25) is 0 Å². The van der Waals surface area contributed by atoms with Crippen molar-refractivity contribution in [3.05, 3.63) is 11.6 Å². The van der Waals surface area contributed by atoms with E-state index in [1.807, 2.05) is 0 Å². The van der Waals surface area contributed by atoms with Crippen molar-refractivity contribution in [2.45, 2.75) is 65.4 Å². The van der Waals surface area contributed by atoms with Crippen LogP contribution in [0.2, 0.25) is 0 Å². The van der Waals surface area contributed by atoms with Crippen LogP contribution in [0.25, 0.3) is 0 Å². The van der Waals surface area contributed by atoms with Crippen molar-refractivity contribution >= 4 is 5.97 Å². The molecule has 6 atom stereocenters. The van der Waals surface area contributed by atoms with Crippen molar-refractivity contribution in [2.75, 3.05) is 13.2 Å². The molecule has 1 saturated heterocycles. The smallest absolute Gasteiger partial charge is 0.334 e. The lowest BCUT2D eigenvalue weighted by molar-refractivity contribution is -0.148. The van der Waals surface area contributed by atoms with Crippen LogP contribution in [0.4, 0.5) is 0 Å². The molecule has 0 aromatic heterocycles. The third kappa shape index (κ3) is 2.53. The average molecular weight is 336 g/mol. The minimum absolute atomic E-state index is 0.0238. The highest BCUT2D eigenvalue weighted by atomic mass is 16.6. The number of aliphatic hydroxyl groups excluding tert-OH is 2. The summed E-state index contributed by atoms with van der Waals surface area (Å²) in [4.78, 5) is 12.3. The van der Waals surface area contributed by atoms with Gasteiger partial charge in [-0.15, -0.1) is 0 Å². The maximum Gasteiger partial charge on any atom is 0.334 e. The van der Waals surface area contributed by atoms with Crippen LogP contribution in [0.3, 0.4) is 0 Å². The van der Waals surface area contributed by atoms with Gasteiger partial charge in [0.25, 0.3) is 0 Å². The van der Waals surface area contributed by atoms with Crippen LogP contribution in [-0.2, 0) is 9.53 Å². The summed E-state index contributed by atoms with van der Waals surface area (Å²) in [6, 6.07) is 0. The van der Waals surface area contributed by atoms with E-state index in [0.29, 0.717) is 18.3 Å². The number of rotatable bonds is 6. The zero-order chi connectivity index (χ0) is 17.5. The summed E-state index contributed by atoms with van der Waals surface area (Å²) in [6.45, 7) is 7.19. The van der Waals surface area contributed by atoms with Crippen LogP contribution in [0.1, 0.15) is 59.3 Å². The minimum atomic E-state index is -0.151. The van der Waals surface area contributed by atoms with Gasteiger partial charge in [0, 0.05) is 24.2 Å². The molecule has 3 aliphatic rings. The Balaban J connectivity index is 1.86. The summed E-state index contributed by atoms with van der Waals surface area (Å²) in [5.74, 6) is 1.000. The highest BCUT2D eigenvalue weighted by Gasteiger charge is 2.64. The fraction of sp³-hybridized carbons (Fsp3) is 0.850.